The van der Waals surface area contributed by atoms with E-state index in [0.29, 0.717) is 5.75 Å². The molecule has 5 rings (SSSR count). The Morgan fingerprint density at radius 3 is 1.02 bits per heavy atom. The van der Waals surface area contributed by atoms with Crippen LogP contribution < -0.4 is 0 Å². The number of carbonyl (C=O) groups excluding carboxylic acids is 1. The Kier molecular flexibility index (Phi) is 24.5. The smallest absolute Gasteiger partial charge is 0.318 e. The molecule has 1 aromatic carbocycles. The van der Waals surface area contributed by atoms with Gasteiger partial charge in [-0.25, -0.2) is 4.79 Å². The monoisotopic (exact) mass is 755 g/mol. The summed E-state index contributed by atoms with van der Waals surface area (Å²) >= 11 is 4.95. The number of aromatic hydroxyl groups is 1. The van der Waals surface area contributed by atoms with Gasteiger partial charge in [0.15, 0.2) is 5.11 Å². The average Bonchev–Trinajstić information content (AvgIpc) is 3.03. The first kappa shape index (κ1) is 49.7. The van der Waals surface area contributed by atoms with Crippen LogP contribution in [0.5, 0.6) is 5.75 Å². The molecular formula is C37H78N12O2S. The van der Waals surface area contributed by atoms with Gasteiger partial charge in [-0.15, -0.1) is 0 Å². The molecule has 0 atom stereocenters. The number of amides is 2. The minimum absolute atomic E-state index is 0.0185. The molecule has 2 amide bonds. The number of nitrogens with zero attached hydrogens (tertiary/aromatic N) is 12. The van der Waals surface area contributed by atoms with Gasteiger partial charge in [0.1, 0.15) is 5.75 Å². The maximum atomic E-state index is 10.7. The maximum absolute atomic E-state index is 10.7. The first-order valence-electron chi connectivity index (χ1n) is 18.1. The molecule has 0 spiro atoms. The van der Waals surface area contributed by atoms with Crippen LogP contribution in [-0.4, -0.2) is 254 Å². The molecule has 14 nitrogen and oxygen atoms in total. The van der Waals surface area contributed by atoms with Crippen LogP contribution in [0, 0.1) is 0 Å². The van der Waals surface area contributed by atoms with Crippen LogP contribution in [-0.2, 0) is 19.6 Å². The van der Waals surface area contributed by atoms with E-state index < -0.39 is 0 Å². The molecule has 0 saturated carbocycles. The maximum Gasteiger partial charge on any atom is 0.318 e. The normalized spacial score (nSPS) is 18.5. The Labute approximate surface area is 324 Å². The van der Waals surface area contributed by atoms with Gasteiger partial charge in [-0.1, -0.05) is 0 Å². The van der Waals surface area contributed by atoms with Crippen molar-refractivity contribution in [2.75, 3.05) is 179 Å². The predicted molar refractivity (Wildman–Crippen MR) is 224 cm³/mol. The average molecular weight is 755 g/mol. The summed E-state index contributed by atoms with van der Waals surface area (Å²) in [4.78, 5) is 35.8. The summed E-state index contributed by atoms with van der Waals surface area (Å²) in [6.07, 6.45) is 0. The zero-order chi connectivity index (χ0) is 40.3. The number of hydrogen-bond acceptors (Lipinski definition) is 11. The first-order chi connectivity index (χ1) is 24.0. The fourth-order valence-electron chi connectivity index (χ4n) is 5.90. The van der Waals surface area contributed by atoms with Crippen molar-refractivity contribution in [1.82, 2.24) is 58.8 Å². The third-order valence-electron chi connectivity index (χ3n) is 7.98. The highest BCUT2D eigenvalue weighted by atomic mass is 32.1. The van der Waals surface area contributed by atoms with Crippen molar-refractivity contribution in [2.45, 2.75) is 19.6 Å². The summed E-state index contributed by atoms with van der Waals surface area (Å²) in [6.45, 7) is 13.6. The third kappa shape index (κ3) is 22.0. The quantitative estimate of drug-likeness (QED) is 0.427. The van der Waals surface area contributed by atoms with Crippen molar-refractivity contribution in [1.29, 1.82) is 0 Å². The lowest BCUT2D eigenvalue weighted by molar-refractivity contribution is 0.0149. The van der Waals surface area contributed by atoms with Gasteiger partial charge in [-0.05, 0) is 93.3 Å². The number of benzene rings is 1. The van der Waals surface area contributed by atoms with Gasteiger partial charge in [0.25, 0.3) is 0 Å². The van der Waals surface area contributed by atoms with E-state index in [4.69, 9.17) is 12.2 Å². The minimum Gasteiger partial charge on any atom is -0.507 e. The number of carbonyl (C=O) groups is 1. The van der Waals surface area contributed by atoms with E-state index >= 15 is 0 Å². The summed E-state index contributed by atoms with van der Waals surface area (Å²) in [6, 6.07) is 4.23. The van der Waals surface area contributed by atoms with Gasteiger partial charge >= 0.3 is 6.03 Å². The molecule has 1 N–H and O–H groups in total. The van der Waals surface area contributed by atoms with Crippen molar-refractivity contribution >= 4 is 23.4 Å². The lowest BCUT2D eigenvalue weighted by Crippen LogP contribution is -2.55. The number of hydrogen-bond donors (Lipinski definition) is 1. The van der Waals surface area contributed by atoms with Gasteiger partial charge in [0.05, 0.1) is 20.0 Å². The molecule has 2 bridgehead atoms. The molecular weight excluding hydrogens is 677 g/mol. The number of rotatable bonds is 6. The molecule has 0 aromatic heterocycles. The fourth-order valence-corrected chi connectivity index (χ4v) is 5.90. The zero-order valence-electron chi connectivity index (χ0n) is 36.3. The van der Waals surface area contributed by atoms with E-state index in [2.05, 4.69) is 86.6 Å². The van der Waals surface area contributed by atoms with Crippen molar-refractivity contribution in [3.05, 3.63) is 28.8 Å². The van der Waals surface area contributed by atoms with E-state index in [9.17, 15) is 9.90 Å². The molecule has 52 heavy (non-hydrogen) atoms. The summed E-state index contributed by atoms with van der Waals surface area (Å²) in [5.74, 6) is 0.435. The summed E-state index contributed by atoms with van der Waals surface area (Å²) in [5, 5.41) is 11.2. The topological polar surface area (TPSA) is 76.2 Å². The molecule has 0 unspecified atom stereocenters. The zero-order valence-corrected chi connectivity index (χ0v) is 37.1. The van der Waals surface area contributed by atoms with Crippen LogP contribution in [0.2, 0.25) is 0 Å². The molecule has 304 valence electrons. The Morgan fingerprint density at radius 1 is 0.558 bits per heavy atom. The summed E-state index contributed by atoms with van der Waals surface area (Å²) in [5.41, 5.74) is 3.25. The molecule has 4 fully saturated rings. The largest absolute Gasteiger partial charge is 0.507 e. The molecule has 0 aliphatic carbocycles. The van der Waals surface area contributed by atoms with Gasteiger partial charge in [0.2, 0.25) is 0 Å². The second kappa shape index (κ2) is 25.6. The van der Waals surface area contributed by atoms with E-state index in [-0.39, 0.29) is 6.03 Å². The second-order valence-corrected chi connectivity index (χ2v) is 16.2. The van der Waals surface area contributed by atoms with E-state index in [1.54, 1.807) is 28.2 Å². The molecule has 4 aliphatic heterocycles. The Morgan fingerprint density at radius 2 is 0.846 bits per heavy atom. The molecule has 1 aromatic rings. The lowest BCUT2D eigenvalue weighted by atomic mass is 10.0. The molecule has 15 heteroatoms. The Balaban J connectivity index is 0.000000667. The number of phenolic OH excluding ortho intramolecular Hbond substituents is 1. The Bertz CT molecular complexity index is 1020. The van der Waals surface area contributed by atoms with E-state index in [1.807, 2.05) is 66.2 Å². The van der Waals surface area contributed by atoms with Crippen LogP contribution in [0.4, 0.5) is 4.79 Å². The van der Waals surface area contributed by atoms with Crippen LogP contribution >= 0.6 is 12.2 Å². The molecule has 4 saturated heterocycles. The number of thiocarbonyl (C=S) groups is 1. The second-order valence-electron chi connectivity index (χ2n) is 15.8. The molecule has 4 heterocycles. The van der Waals surface area contributed by atoms with Crippen molar-refractivity contribution in [2.24, 2.45) is 0 Å². The Hall–Kier alpha value is -2.34. The van der Waals surface area contributed by atoms with Gasteiger partial charge in [0, 0.05) is 126 Å². The highest BCUT2D eigenvalue weighted by Crippen LogP contribution is 2.27. The van der Waals surface area contributed by atoms with E-state index in [1.165, 1.54) is 54.6 Å². The fraction of sp³-hybridized carbons (Fsp3) is 0.784. The SMILES string of the molecule is C1CN2CCN1CC2.CN(C)C(=O)N(C)C.CN(C)C(=S)N(C)C.CN(C)Cc1cc(CN(C)C)c(O)c(CN(C)C)c1.CN1CN(C)CN(C)C1. The van der Waals surface area contributed by atoms with Crippen LogP contribution in [0.15, 0.2) is 12.1 Å². The first-order valence-corrected chi connectivity index (χ1v) is 18.5. The van der Waals surface area contributed by atoms with Gasteiger partial charge in [-0.2, -0.15) is 0 Å². The standard InChI is InChI=1S/C15H27N3O.C6H15N3.C6H12N2.C5H12N2O.C5H12N2S/c1-16(2)9-12-7-13(10-17(3)4)15(19)14(8-12)11-18(5)6;1-7-4-8(2)6-9(3)5-7;1-2-8-5-3-7(1)4-6-8;2*1-6(2)5(8)7(3)4/h7-8,19H,9-11H2,1-6H3;4-6H2,1-3H3;1-6H2;2*1-4H3. The summed E-state index contributed by atoms with van der Waals surface area (Å²) < 4.78 is 0. The highest BCUT2D eigenvalue weighted by Gasteiger charge is 2.22. The van der Waals surface area contributed by atoms with Gasteiger partial charge in [-0.3, -0.25) is 24.5 Å². The molecule has 4 aliphatic rings. The number of phenols is 1. The van der Waals surface area contributed by atoms with Crippen LogP contribution in [0.25, 0.3) is 0 Å². The predicted octanol–water partition coefficient (Wildman–Crippen LogP) is 1.49. The van der Waals surface area contributed by atoms with Gasteiger partial charge < -0.3 is 39.4 Å². The van der Waals surface area contributed by atoms with Crippen molar-refractivity contribution in [3.63, 3.8) is 0 Å². The van der Waals surface area contributed by atoms with E-state index in [0.717, 1.165) is 55.9 Å². The molecule has 0 radical (unpaired) electrons. The third-order valence-corrected chi connectivity index (χ3v) is 8.71. The number of fused-ring (bicyclic) bond motifs is 3. The number of piperazine rings is 3. The van der Waals surface area contributed by atoms with Crippen molar-refractivity contribution < 1.29 is 9.90 Å². The summed E-state index contributed by atoms with van der Waals surface area (Å²) in [7, 11) is 33.2. The van der Waals surface area contributed by atoms with Crippen LogP contribution in [0.3, 0.4) is 0 Å². The number of urea groups is 1. The van der Waals surface area contributed by atoms with Crippen LogP contribution in [0.1, 0.15) is 16.7 Å². The minimum atomic E-state index is 0.0185. The van der Waals surface area contributed by atoms with Crippen molar-refractivity contribution in [3.8, 4) is 5.75 Å². The highest BCUT2D eigenvalue weighted by molar-refractivity contribution is 7.80. The lowest BCUT2D eigenvalue weighted by Gasteiger charge is -2.41.